The Balaban J connectivity index is 1.66. The number of thiazole rings is 1. The zero-order chi connectivity index (χ0) is 20.4. The van der Waals surface area contributed by atoms with Crippen LogP contribution >= 0.6 is 34.5 Å². The standard InChI is InChI=1S/C21H19Cl2N3O2S/c1-13-4-5-14(10-24-13)20(27)26(11-16-3-2-8-28-16)21-25-19(12-29-21)17-7-6-15(22)9-18(17)23/h4-7,9-10,12,16H,2-3,8,11H2,1H3. The molecule has 0 aliphatic carbocycles. The van der Waals surface area contributed by atoms with Crippen LogP contribution in [0.15, 0.2) is 41.9 Å². The molecule has 1 amide bonds. The van der Waals surface area contributed by atoms with Gasteiger partial charge in [-0.1, -0.05) is 23.2 Å². The molecule has 1 atom stereocenters. The zero-order valence-electron chi connectivity index (χ0n) is 15.8. The van der Waals surface area contributed by atoms with Crippen molar-refractivity contribution in [2.75, 3.05) is 18.1 Å². The lowest BCUT2D eigenvalue weighted by atomic mass is 10.2. The SMILES string of the molecule is Cc1ccc(C(=O)N(CC2CCCO2)c2nc(-c3ccc(Cl)cc3Cl)cs2)cn1. The molecule has 8 heteroatoms. The van der Waals surface area contributed by atoms with E-state index in [1.165, 1.54) is 11.3 Å². The number of rotatable bonds is 5. The first kappa shape index (κ1) is 20.3. The maximum absolute atomic E-state index is 13.3. The molecular weight excluding hydrogens is 429 g/mol. The van der Waals surface area contributed by atoms with Crippen LogP contribution in [0.25, 0.3) is 11.3 Å². The fourth-order valence-corrected chi connectivity index (χ4v) is 4.54. The number of amides is 1. The number of aryl methyl sites for hydroxylation is 1. The average molecular weight is 448 g/mol. The Bertz CT molecular complexity index is 1020. The molecule has 1 fully saturated rings. The molecule has 3 heterocycles. The summed E-state index contributed by atoms with van der Waals surface area (Å²) >= 11 is 13.7. The third-order valence-electron chi connectivity index (χ3n) is 4.74. The first-order chi connectivity index (χ1) is 14.0. The van der Waals surface area contributed by atoms with E-state index in [1.807, 2.05) is 24.4 Å². The summed E-state index contributed by atoms with van der Waals surface area (Å²) in [5, 5.41) is 3.59. The van der Waals surface area contributed by atoms with Crippen LogP contribution < -0.4 is 4.90 Å². The van der Waals surface area contributed by atoms with Gasteiger partial charge < -0.3 is 4.74 Å². The van der Waals surface area contributed by atoms with Gasteiger partial charge in [-0.25, -0.2) is 4.98 Å². The highest BCUT2D eigenvalue weighted by atomic mass is 35.5. The fraction of sp³-hybridized carbons (Fsp3) is 0.286. The van der Waals surface area contributed by atoms with Crippen molar-refractivity contribution in [3.05, 3.63) is 63.2 Å². The van der Waals surface area contributed by atoms with Gasteiger partial charge in [-0.2, -0.15) is 0 Å². The van der Waals surface area contributed by atoms with Crippen molar-refractivity contribution in [2.24, 2.45) is 0 Å². The third kappa shape index (κ3) is 4.61. The van der Waals surface area contributed by atoms with Gasteiger partial charge in [0.1, 0.15) is 0 Å². The Kier molecular flexibility index (Phi) is 6.15. The van der Waals surface area contributed by atoms with E-state index in [4.69, 9.17) is 32.9 Å². The van der Waals surface area contributed by atoms with Crippen molar-refractivity contribution in [3.8, 4) is 11.3 Å². The topological polar surface area (TPSA) is 55.3 Å². The number of nitrogens with zero attached hydrogens (tertiary/aromatic N) is 3. The maximum atomic E-state index is 13.3. The molecule has 0 spiro atoms. The van der Waals surface area contributed by atoms with E-state index < -0.39 is 0 Å². The number of carbonyl (C=O) groups excluding carboxylic acids is 1. The van der Waals surface area contributed by atoms with E-state index in [-0.39, 0.29) is 12.0 Å². The van der Waals surface area contributed by atoms with Gasteiger partial charge in [0.25, 0.3) is 5.91 Å². The summed E-state index contributed by atoms with van der Waals surface area (Å²) in [7, 11) is 0. The molecule has 150 valence electrons. The molecule has 1 saturated heterocycles. The summed E-state index contributed by atoms with van der Waals surface area (Å²) in [6.45, 7) is 3.07. The minimum Gasteiger partial charge on any atom is -0.376 e. The zero-order valence-corrected chi connectivity index (χ0v) is 18.1. The van der Waals surface area contributed by atoms with Gasteiger partial charge >= 0.3 is 0 Å². The number of pyridine rings is 1. The predicted molar refractivity (Wildman–Crippen MR) is 117 cm³/mol. The summed E-state index contributed by atoms with van der Waals surface area (Å²) in [6, 6.07) is 8.91. The van der Waals surface area contributed by atoms with Crippen molar-refractivity contribution >= 4 is 45.6 Å². The Morgan fingerprint density at radius 3 is 2.86 bits per heavy atom. The molecule has 1 unspecified atom stereocenters. The summed E-state index contributed by atoms with van der Waals surface area (Å²) in [4.78, 5) is 23.9. The van der Waals surface area contributed by atoms with E-state index in [1.54, 1.807) is 29.3 Å². The van der Waals surface area contributed by atoms with Gasteiger partial charge in [0.2, 0.25) is 0 Å². The van der Waals surface area contributed by atoms with E-state index in [0.29, 0.717) is 33.0 Å². The van der Waals surface area contributed by atoms with E-state index in [9.17, 15) is 4.79 Å². The number of ether oxygens (including phenoxy) is 1. The Morgan fingerprint density at radius 2 is 2.17 bits per heavy atom. The number of hydrogen-bond acceptors (Lipinski definition) is 5. The summed E-state index contributed by atoms with van der Waals surface area (Å²) < 4.78 is 5.77. The molecule has 0 radical (unpaired) electrons. The highest BCUT2D eigenvalue weighted by Crippen LogP contribution is 2.34. The monoisotopic (exact) mass is 447 g/mol. The normalized spacial score (nSPS) is 16.2. The molecule has 2 aromatic heterocycles. The lowest BCUT2D eigenvalue weighted by Gasteiger charge is -2.23. The van der Waals surface area contributed by atoms with Crippen LogP contribution in [0, 0.1) is 6.92 Å². The largest absolute Gasteiger partial charge is 0.376 e. The molecule has 29 heavy (non-hydrogen) atoms. The van der Waals surface area contributed by atoms with Gasteiger partial charge in [-0.05, 0) is 50.1 Å². The Morgan fingerprint density at radius 1 is 1.31 bits per heavy atom. The van der Waals surface area contributed by atoms with Gasteiger partial charge in [-0.15, -0.1) is 11.3 Å². The summed E-state index contributed by atoms with van der Waals surface area (Å²) in [5.74, 6) is -0.142. The van der Waals surface area contributed by atoms with Gasteiger partial charge in [0, 0.05) is 34.5 Å². The van der Waals surface area contributed by atoms with Crippen LogP contribution in [0.4, 0.5) is 5.13 Å². The van der Waals surface area contributed by atoms with E-state index >= 15 is 0 Å². The number of aromatic nitrogens is 2. The quantitative estimate of drug-likeness (QED) is 0.507. The van der Waals surface area contributed by atoms with Crippen LogP contribution in [0.3, 0.4) is 0 Å². The number of hydrogen-bond donors (Lipinski definition) is 0. The molecule has 3 aromatic rings. The molecule has 1 aliphatic heterocycles. The number of benzene rings is 1. The Labute approximate surface area is 183 Å². The van der Waals surface area contributed by atoms with Crippen LogP contribution in [-0.2, 0) is 4.74 Å². The summed E-state index contributed by atoms with van der Waals surface area (Å²) in [6.07, 6.45) is 3.54. The molecule has 1 aromatic carbocycles. The molecule has 5 nitrogen and oxygen atoms in total. The third-order valence-corrected chi connectivity index (χ3v) is 6.16. The van der Waals surface area contributed by atoms with E-state index in [2.05, 4.69) is 4.98 Å². The molecule has 1 aliphatic rings. The van der Waals surface area contributed by atoms with E-state index in [0.717, 1.165) is 30.7 Å². The predicted octanol–water partition coefficient (Wildman–Crippen LogP) is 5.65. The first-order valence-electron chi connectivity index (χ1n) is 9.28. The van der Waals surface area contributed by atoms with Crippen molar-refractivity contribution in [3.63, 3.8) is 0 Å². The van der Waals surface area contributed by atoms with Crippen LogP contribution in [0.2, 0.25) is 10.0 Å². The van der Waals surface area contributed by atoms with Crippen molar-refractivity contribution in [2.45, 2.75) is 25.9 Å². The van der Waals surface area contributed by atoms with Gasteiger partial charge in [-0.3, -0.25) is 14.7 Å². The average Bonchev–Trinajstić information content (AvgIpc) is 3.38. The number of halogens is 2. The minimum atomic E-state index is -0.142. The molecule has 0 saturated carbocycles. The second-order valence-electron chi connectivity index (χ2n) is 6.88. The highest BCUT2D eigenvalue weighted by Gasteiger charge is 2.27. The van der Waals surface area contributed by atoms with Crippen LogP contribution in [0.1, 0.15) is 28.9 Å². The van der Waals surface area contributed by atoms with Gasteiger partial charge in [0.05, 0.1) is 28.9 Å². The van der Waals surface area contributed by atoms with Crippen molar-refractivity contribution in [1.82, 2.24) is 9.97 Å². The van der Waals surface area contributed by atoms with Gasteiger partial charge in [0.15, 0.2) is 5.13 Å². The second kappa shape index (κ2) is 8.79. The van der Waals surface area contributed by atoms with Crippen LogP contribution in [-0.4, -0.2) is 35.1 Å². The first-order valence-corrected chi connectivity index (χ1v) is 10.9. The van der Waals surface area contributed by atoms with Crippen molar-refractivity contribution in [1.29, 1.82) is 0 Å². The van der Waals surface area contributed by atoms with Crippen LogP contribution in [0.5, 0.6) is 0 Å². The highest BCUT2D eigenvalue weighted by molar-refractivity contribution is 7.14. The number of carbonyl (C=O) groups is 1. The second-order valence-corrected chi connectivity index (χ2v) is 8.56. The maximum Gasteiger partial charge on any atom is 0.261 e. The fourth-order valence-electron chi connectivity index (χ4n) is 3.20. The molecular formula is C21H19Cl2N3O2S. The lowest BCUT2D eigenvalue weighted by Crippen LogP contribution is -2.37. The molecule has 0 N–H and O–H groups in total. The molecule has 0 bridgehead atoms. The van der Waals surface area contributed by atoms with Crippen molar-refractivity contribution < 1.29 is 9.53 Å². The lowest BCUT2D eigenvalue weighted by molar-refractivity contribution is 0.0917. The molecule has 4 rings (SSSR count). The Hall–Kier alpha value is -1.99. The number of anilines is 1. The minimum absolute atomic E-state index is 0.00354. The smallest absolute Gasteiger partial charge is 0.261 e. The summed E-state index contributed by atoms with van der Waals surface area (Å²) in [5.41, 5.74) is 2.87.